The van der Waals surface area contributed by atoms with Gasteiger partial charge in [-0.1, -0.05) is 15.9 Å². The number of likely N-dealkylation sites (tertiary alicyclic amines) is 1. The van der Waals surface area contributed by atoms with Crippen LogP contribution in [-0.2, 0) is 4.74 Å². The standard InChI is InChI=1S/C14H19BrN2O3/c1-20-11-4-5-17(10(7-11)8-16)14(19)12-3-2-9(15)6-13(12)18/h2-3,6,10-11,18H,4-5,7-8,16H2,1H3. The lowest BCUT2D eigenvalue weighted by Crippen LogP contribution is -2.51. The summed E-state index contributed by atoms with van der Waals surface area (Å²) in [6.07, 6.45) is 1.66. The van der Waals surface area contributed by atoms with Gasteiger partial charge in [0.15, 0.2) is 0 Å². The molecule has 1 heterocycles. The van der Waals surface area contributed by atoms with Crippen LogP contribution in [0.15, 0.2) is 22.7 Å². The van der Waals surface area contributed by atoms with Crippen molar-refractivity contribution in [2.45, 2.75) is 25.0 Å². The summed E-state index contributed by atoms with van der Waals surface area (Å²) in [4.78, 5) is 14.3. The van der Waals surface area contributed by atoms with Crippen LogP contribution in [0.4, 0.5) is 0 Å². The summed E-state index contributed by atoms with van der Waals surface area (Å²) in [5, 5.41) is 9.92. The number of phenolic OH excluding ortho intramolecular Hbond substituents is 1. The number of hydrogen-bond acceptors (Lipinski definition) is 4. The predicted molar refractivity (Wildman–Crippen MR) is 79.7 cm³/mol. The molecule has 2 unspecified atom stereocenters. The van der Waals surface area contributed by atoms with Gasteiger partial charge in [0.1, 0.15) is 5.75 Å². The van der Waals surface area contributed by atoms with Gasteiger partial charge in [0, 0.05) is 30.7 Å². The smallest absolute Gasteiger partial charge is 0.257 e. The first kappa shape index (κ1) is 15.3. The second kappa shape index (κ2) is 6.56. The van der Waals surface area contributed by atoms with Gasteiger partial charge in [-0.15, -0.1) is 0 Å². The molecule has 0 radical (unpaired) electrons. The van der Waals surface area contributed by atoms with Crippen LogP contribution < -0.4 is 5.73 Å². The molecule has 1 aromatic carbocycles. The van der Waals surface area contributed by atoms with Crippen LogP contribution in [0, 0.1) is 0 Å². The van der Waals surface area contributed by atoms with Crippen LogP contribution in [0.25, 0.3) is 0 Å². The van der Waals surface area contributed by atoms with Gasteiger partial charge >= 0.3 is 0 Å². The van der Waals surface area contributed by atoms with Crippen molar-refractivity contribution in [1.82, 2.24) is 4.90 Å². The molecule has 0 bridgehead atoms. The zero-order valence-corrected chi connectivity index (χ0v) is 13.0. The number of aromatic hydroxyl groups is 1. The quantitative estimate of drug-likeness (QED) is 0.877. The van der Waals surface area contributed by atoms with Gasteiger partial charge in [-0.05, 0) is 31.0 Å². The fourth-order valence-electron chi connectivity index (χ4n) is 2.56. The molecule has 0 spiro atoms. The van der Waals surface area contributed by atoms with E-state index in [0.717, 1.165) is 17.3 Å². The molecule has 0 aromatic heterocycles. The number of rotatable bonds is 3. The number of phenols is 1. The van der Waals surface area contributed by atoms with E-state index in [2.05, 4.69) is 15.9 Å². The van der Waals surface area contributed by atoms with Crippen molar-refractivity contribution in [1.29, 1.82) is 0 Å². The van der Waals surface area contributed by atoms with E-state index < -0.39 is 0 Å². The maximum Gasteiger partial charge on any atom is 0.257 e. The van der Waals surface area contributed by atoms with Crippen LogP contribution in [0.3, 0.4) is 0 Å². The SMILES string of the molecule is COC1CCN(C(=O)c2ccc(Br)cc2O)C(CN)C1. The van der Waals surface area contributed by atoms with E-state index in [1.165, 1.54) is 6.07 Å². The number of nitrogens with zero attached hydrogens (tertiary/aromatic N) is 1. The summed E-state index contributed by atoms with van der Waals surface area (Å²) >= 11 is 3.26. The second-order valence-corrected chi connectivity index (χ2v) is 5.85. The van der Waals surface area contributed by atoms with Crippen LogP contribution in [-0.4, -0.2) is 48.3 Å². The molecule has 0 aliphatic carbocycles. The van der Waals surface area contributed by atoms with E-state index in [1.54, 1.807) is 24.1 Å². The Kier molecular flexibility index (Phi) is 5.01. The molecule has 0 saturated carbocycles. The van der Waals surface area contributed by atoms with Gasteiger partial charge in [0.25, 0.3) is 5.91 Å². The average molecular weight is 343 g/mol. The van der Waals surface area contributed by atoms with Crippen LogP contribution in [0.1, 0.15) is 23.2 Å². The first-order valence-corrected chi connectivity index (χ1v) is 7.38. The van der Waals surface area contributed by atoms with Gasteiger partial charge in [-0.25, -0.2) is 0 Å². The molecule has 2 rings (SSSR count). The highest BCUT2D eigenvalue weighted by Crippen LogP contribution is 2.27. The summed E-state index contributed by atoms with van der Waals surface area (Å²) in [6, 6.07) is 4.83. The topological polar surface area (TPSA) is 75.8 Å². The minimum atomic E-state index is -0.181. The summed E-state index contributed by atoms with van der Waals surface area (Å²) < 4.78 is 6.08. The van der Waals surface area contributed by atoms with E-state index in [9.17, 15) is 9.90 Å². The van der Waals surface area contributed by atoms with Crippen LogP contribution >= 0.6 is 15.9 Å². The van der Waals surface area contributed by atoms with Crippen molar-refractivity contribution in [3.63, 3.8) is 0 Å². The Balaban J connectivity index is 2.19. The number of methoxy groups -OCH3 is 1. The van der Waals surface area contributed by atoms with Crippen molar-refractivity contribution in [2.24, 2.45) is 5.73 Å². The Morgan fingerprint density at radius 1 is 1.60 bits per heavy atom. The third kappa shape index (κ3) is 3.13. The monoisotopic (exact) mass is 342 g/mol. The number of halogens is 1. The van der Waals surface area contributed by atoms with E-state index >= 15 is 0 Å². The van der Waals surface area contributed by atoms with E-state index in [0.29, 0.717) is 18.7 Å². The van der Waals surface area contributed by atoms with Crippen LogP contribution in [0.2, 0.25) is 0 Å². The molecule has 20 heavy (non-hydrogen) atoms. The fraction of sp³-hybridized carbons (Fsp3) is 0.500. The summed E-state index contributed by atoms with van der Waals surface area (Å²) in [7, 11) is 1.68. The fourth-order valence-corrected chi connectivity index (χ4v) is 2.91. The largest absolute Gasteiger partial charge is 0.507 e. The molecule has 1 aliphatic rings. The van der Waals surface area contributed by atoms with Gasteiger partial charge < -0.3 is 20.5 Å². The molecule has 1 saturated heterocycles. The van der Waals surface area contributed by atoms with Crippen molar-refractivity contribution < 1.29 is 14.6 Å². The molecule has 6 heteroatoms. The average Bonchev–Trinajstić information content (AvgIpc) is 2.46. The minimum Gasteiger partial charge on any atom is -0.507 e. The molecular formula is C14H19BrN2O3. The minimum absolute atomic E-state index is 0.0194. The highest BCUT2D eigenvalue weighted by Gasteiger charge is 2.32. The second-order valence-electron chi connectivity index (χ2n) is 4.93. The summed E-state index contributed by atoms with van der Waals surface area (Å²) in [5.74, 6) is -0.200. The molecular weight excluding hydrogens is 324 g/mol. The number of ether oxygens (including phenoxy) is 1. The number of benzene rings is 1. The van der Waals surface area contributed by atoms with E-state index in [4.69, 9.17) is 10.5 Å². The normalized spacial score (nSPS) is 22.9. The predicted octanol–water partition coefficient (Wildman–Crippen LogP) is 1.73. The number of carbonyl (C=O) groups is 1. The first-order chi connectivity index (χ1) is 9.56. The number of hydrogen-bond donors (Lipinski definition) is 2. The molecule has 2 atom stereocenters. The lowest BCUT2D eigenvalue weighted by atomic mass is 9.98. The van der Waals surface area contributed by atoms with Crippen LogP contribution in [0.5, 0.6) is 5.75 Å². The third-order valence-electron chi connectivity index (χ3n) is 3.72. The highest BCUT2D eigenvalue weighted by atomic mass is 79.9. The molecule has 1 aliphatic heterocycles. The van der Waals surface area contributed by atoms with Crippen molar-refractivity contribution in [2.75, 3.05) is 20.2 Å². The van der Waals surface area contributed by atoms with E-state index in [1.807, 2.05) is 0 Å². The maximum absolute atomic E-state index is 12.6. The number of amides is 1. The van der Waals surface area contributed by atoms with E-state index in [-0.39, 0.29) is 23.8 Å². The van der Waals surface area contributed by atoms with Crippen molar-refractivity contribution >= 4 is 21.8 Å². The number of piperidine rings is 1. The molecule has 5 nitrogen and oxygen atoms in total. The Morgan fingerprint density at radius 3 is 2.95 bits per heavy atom. The van der Waals surface area contributed by atoms with Crippen molar-refractivity contribution in [3.8, 4) is 5.75 Å². The highest BCUT2D eigenvalue weighted by molar-refractivity contribution is 9.10. The lowest BCUT2D eigenvalue weighted by molar-refractivity contribution is 0.0138. The zero-order chi connectivity index (χ0) is 14.7. The van der Waals surface area contributed by atoms with Crippen molar-refractivity contribution in [3.05, 3.63) is 28.2 Å². The molecule has 3 N–H and O–H groups in total. The maximum atomic E-state index is 12.6. The van der Waals surface area contributed by atoms with Gasteiger partial charge in [-0.2, -0.15) is 0 Å². The molecule has 1 aromatic rings. The third-order valence-corrected chi connectivity index (χ3v) is 4.22. The Labute approximate surface area is 126 Å². The van der Waals surface area contributed by atoms with Gasteiger partial charge in [0.2, 0.25) is 0 Å². The molecule has 110 valence electrons. The van der Waals surface area contributed by atoms with Gasteiger partial charge in [0.05, 0.1) is 11.7 Å². The Hall–Kier alpha value is -1.11. The summed E-state index contributed by atoms with van der Waals surface area (Å²) in [6.45, 7) is 0.984. The Morgan fingerprint density at radius 2 is 2.35 bits per heavy atom. The Bertz CT molecular complexity index is 495. The molecule has 1 fully saturated rings. The summed E-state index contributed by atoms with van der Waals surface area (Å²) in [5.41, 5.74) is 6.08. The number of carbonyl (C=O) groups excluding carboxylic acids is 1. The molecule has 1 amide bonds. The lowest BCUT2D eigenvalue weighted by Gasteiger charge is -2.38. The first-order valence-electron chi connectivity index (χ1n) is 6.59. The van der Waals surface area contributed by atoms with Gasteiger partial charge in [-0.3, -0.25) is 4.79 Å². The number of nitrogens with two attached hydrogens (primary N) is 1. The zero-order valence-electron chi connectivity index (χ0n) is 11.4.